The van der Waals surface area contributed by atoms with Gasteiger partial charge in [0.1, 0.15) is 19.8 Å². The molecule has 2 aromatic carbocycles. The zero-order valence-electron chi connectivity index (χ0n) is 12.5. The normalized spacial score (nSPS) is 13.0. The predicted octanol–water partition coefficient (Wildman–Crippen LogP) is 3.45. The van der Waals surface area contributed by atoms with Gasteiger partial charge in [-0.05, 0) is 18.2 Å². The van der Waals surface area contributed by atoms with E-state index in [0.29, 0.717) is 24.7 Å². The highest BCUT2D eigenvalue weighted by molar-refractivity contribution is 9.10. The van der Waals surface area contributed by atoms with Crippen LogP contribution in [0.2, 0.25) is 0 Å². The Kier molecular flexibility index (Phi) is 3.86. The number of aromatic nitrogens is 2. The molecule has 0 saturated carbocycles. The van der Waals surface area contributed by atoms with E-state index in [1.165, 1.54) is 0 Å². The van der Waals surface area contributed by atoms with Gasteiger partial charge < -0.3 is 14.2 Å². The summed E-state index contributed by atoms with van der Waals surface area (Å²) in [6.45, 7) is 1.14. The van der Waals surface area contributed by atoms with Crippen molar-refractivity contribution in [3.63, 3.8) is 0 Å². The SMILES string of the molecule is O=C(OCc1cc2c(cc1Br)OCCO2)c1n[nH]c2ccccc12. The average molecular weight is 389 g/mol. The number of ether oxygens (including phenoxy) is 3. The summed E-state index contributed by atoms with van der Waals surface area (Å²) in [4.78, 5) is 12.3. The summed E-state index contributed by atoms with van der Waals surface area (Å²) in [6, 6.07) is 11.1. The van der Waals surface area contributed by atoms with Crippen molar-refractivity contribution in [3.8, 4) is 11.5 Å². The highest BCUT2D eigenvalue weighted by Crippen LogP contribution is 2.35. The maximum Gasteiger partial charge on any atom is 0.359 e. The molecule has 3 aromatic rings. The zero-order chi connectivity index (χ0) is 16.5. The second-order valence-corrected chi connectivity index (χ2v) is 6.14. The zero-order valence-corrected chi connectivity index (χ0v) is 14.1. The van der Waals surface area contributed by atoms with Gasteiger partial charge in [0.2, 0.25) is 0 Å². The van der Waals surface area contributed by atoms with Gasteiger partial charge in [0.05, 0.1) is 5.52 Å². The van der Waals surface area contributed by atoms with Crippen molar-refractivity contribution in [2.45, 2.75) is 6.61 Å². The number of fused-ring (bicyclic) bond motifs is 2. The topological polar surface area (TPSA) is 73.4 Å². The second-order valence-electron chi connectivity index (χ2n) is 5.28. The summed E-state index contributed by atoms with van der Waals surface area (Å²) in [7, 11) is 0. The number of H-pyrrole nitrogens is 1. The molecule has 0 fully saturated rings. The number of benzene rings is 2. The molecule has 1 aliphatic heterocycles. The highest BCUT2D eigenvalue weighted by Gasteiger charge is 2.18. The van der Waals surface area contributed by atoms with Crippen molar-refractivity contribution in [1.82, 2.24) is 10.2 Å². The summed E-state index contributed by atoms with van der Waals surface area (Å²) in [5.74, 6) is 0.858. The third kappa shape index (κ3) is 2.71. The maximum absolute atomic E-state index is 12.3. The van der Waals surface area contributed by atoms with Gasteiger partial charge in [0.25, 0.3) is 0 Å². The van der Waals surface area contributed by atoms with E-state index in [9.17, 15) is 4.79 Å². The molecule has 0 spiro atoms. The van der Waals surface area contributed by atoms with Gasteiger partial charge in [0, 0.05) is 15.4 Å². The first-order valence-electron chi connectivity index (χ1n) is 7.40. The van der Waals surface area contributed by atoms with Crippen LogP contribution in [0.5, 0.6) is 11.5 Å². The molecule has 0 amide bonds. The molecule has 2 heterocycles. The molecule has 7 heteroatoms. The minimum absolute atomic E-state index is 0.108. The van der Waals surface area contributed by atoms with Gasteiger partial charge in [-0.25, -0.2) is 4.79 Å². The number of rotatable bonds is 3. The minimum Gasteiger partial charge on any atom is -0.486 e. The van der Waals surface area contributed by atoms with Crippen molar-refractivity contribution in [2.24, 2.45) is 0 Å². The summed E-state index contributed by atoms with van der Waals surface area (Å²) < 4.78 is 17.3. The van der Waals surface area contributed by atoms with Crippen molar-refractivity contribution in [1.29, 1.82) is 0 Å². The fraction of sp³-hybridized carbons (Fsp3) is 0.176. The first-order chi connectivity index (χ1) is 11.7. The molecule has 0 bridgehead atoms. The third-order valence-electron chi connectivity index (χ3n) is 3.73. The van der Waals surface area contributed by atoms with Crippen LogP contribution in [-0.2, 0) is 11.3 Å². The summed E-state index contributed by atoms with van der Waals surface area (Å²) in [5, 5.41) is 7.61. The van der Waals surface area contributed by atoms with Crippen molar-refractivity contribution >= 4 is 32.8 Å². The molecule has 0 radical (unpaired) electrons. The van der Waals surface area contributed by atoms with E-state index in [1.807, 2.05) is 36.4 Å². The smallest absolute Gasteiger partial charge is 0.359 e. The monoisotopic (exact) mass is 388 g/mol. The molecular formula is C17H13BrN2O4. The van der Waals surface area contributed by atoms with Crippen LogP contribution in [0.25, 0.3) is 10.9 Å². The van der Waals surface area contributed by atoms with E-state index in [1.54, 1.807) is 0 Å². The molecule has 24 heavy (non-hydrogen) atoms. The van der Waals surface area contributed by atoms with E-state index < -0.39 is 5.97 Å². The average Bonchev–Trinajstić information content (AvgIpc) is 3.04. The van der Waals surface area contributed by atoms with Crippen molar-refractivity contribution in [2.75, 3.05) is 13.2 Å². The van der Waals surface area contributed by atoms with Crippen LogP contribution >= 0.6 is 15.9 Å². The van der Waals surface area contributed by atoms with Gasteiger partial charge >= 0.3 is 5.97 Å². The fourth-order valence-electron chi connectivity index (χ4n) is 2.55. The van der Waals surface area contributed by atoms with Crippen molar-refractivity contribution < 1.29 is 19.0 Å². The van der Waals surface area contributed by atoms with E-state index in [4.69, 9.17) is 14.2 Å². The molecule has 6 nitrogen and oxygen atoms in total. The maximum atomic E-state index is 12.3. The summed E-state index contributed by atoms with van der Waals surface area (Å²) in [5.41, 5.74) is 1.87. The number of carbonyl (C=O) groups excluding carboxylic acids is 1. The highest BCUT2D eigenvalue weighted by atomic mass is 79.9. The lowest BCUT2D eigenvalue weighted by Crippen LogP contribution is -2.16. The largest absolute Gasteiger partial charge is 0.486 e. The Morgan fingerprint density at radius 3 is 2.79 bits per heavy atom. The molecule has 122 valence electrons. The second kappa shape index (κ2) is 6.16. The molecule has 0 saturated heterocycles. The number of halogens is 1. The number of para-hydroxylation sites is 1. The molecule has 0 atom stereocenters. The number of nitrogens with zero attached hydrogens (tertiary/aromatic N) is 1. The van der Waals surface area contributed by atoms with Gasteiger partial charge in [0.15, 0.2) is 17.2 Å². The van der Waals surface area contributed by atoms with E-state index >= 15 is 0 Å². The van der Waals surface area contributed by atoms with E-state index in [0.717, 1.165) is 20.9 Å². The Morgan fingerprint density at radius 2 is 1.96 bits per heavy atom. The Bertz CT molecular complexity index is 922. The number of esters is 1. The standard InChI is InChI=1S/C17H13BrN2O4/c18-12-8-15-14(22-5-6-23-15)7-10(12)9-24-17(21)16-11-3-1-2-4-13(11)19-20-16/h1-4,7-8H,5-6,9H2,(H,19,20). The van der Waals surface area contributed by atoms with E-state index in [-0.39, 0.29) is 12.3 Å². The Hall–Kier alpha value is -2.54. The third-order valence-corrected chi connectivity index (χ3v) is 4.47. The molecule has 1 aromatic heterocycles. The predicted molar refractivity (Wildman–Crippen MR) is 90.3 cm³/mol. The molecule has 1 N–H and O–H groups in total. The molecular weight excluding hydrogens is 376 g/mol. The van der Waals surface area contributed by atoms with Crippen LogP contribution < -0.4 is 9.47 Å². The summed E-state index contributed by atoms with van der Waals surface area (Å²) in [6.07, 6.45) is 0. The van der Waals surface area contributed by atoms with Gasteiger partial charge in [-0.3, -0.25) is 5.10 Å². The summed E-state index contributed by atoms with van der Waals surface area (Å²) >= 11 is 3.47. The number of hydrogen-bond donors (Lipinski definition) is 1. The van der Waals surface area contributed by atoms with Crippen LogP contribution in [0.15, 0.2) is 40.9 Å². The Morgan fingerprint density at radius 1 is 1.21 bits per heavy atom. The van der Waals surface area contributed by atoms with Crippen LogP contribution in [0.3, 0.4) is 0 Å². The van der Waals surface area contributed by atoms with Gasteiger partial charge in [-0.1, -0.05) is 34.1 Å². The first-order valence-corrected chi connectivity index (χ1v) is 8.20. The van der Waals surface area contributed by atoms with Gasteiger partial charge in [-0.2, -0.15) is 5.10 Å². The number of hydrogen-bond acceptors (Lipinski definition) is 5. The minimum atomic E-state index is -0.478. The van der Waals surface area contributed by atoms with Crippen LogP contribution in [0.1, 0.15) is 16.1 Å². The quantitative estimate of drug-likeness (QED) is 0.695. The number of carbonyl (C=O) groups is 1. The number of aromatic amines is 1. The molecule has 0 unspecified atom stereocenters. The lowest BCUT2D eigenvalue weighted by atomic mass is 10.2. The molecule has 0 aliphatic carbocycles. The van der Waals surface area contributed by atoms with Crippen LogP contribution in [-0.4, -0.2) is 29.4 Å². The van der Waals surface area contributed by atoms with E-state index in [2.05, 4.69) is 26.1 Å². The lowest BCUT2D eigenvalue weighted by Gasteiger charge is -2.19. The van der Waals surface area contributed by atoms with Gasteiger partial charge in [-0.15, -0.1) is 0 Å². The molecule has 1 aliphatic rings. The fourth-order valence-corrected chi connectivity index (χ4v) is 2.98. The van der Waals surface area contributed by atoms with Crippen molar-refractivity contribution in [3.05, 3.63) is 52.1 Å². The van der Waals surface area contributed by atoms with Crippen LogP contribution in [0.4, 0.5) is 0 Å². The lowest BCUT2D eigenvalue weighted by molar-refractivity contribution is 0.0466. The Labute approximate surface area is 145 Å². The number of nitrogens with one attached hydrogen (secondary N) is 1. The molecule has 4 rings (SSSR count). The van der Waals surface area contributed by atoms with Crippen LogP contribution in [0, 0.1) is 0 Å². The first kappa shape index (κ1) is 15.0. The Balaban J connectivity index is 1.53.